The summed E-state index contributed by atoms with van der Waals surface area (Å²) in [6.45, 7) is 3.30. The van der Waals surface area contributed by atoms with Gasteiger partial charge in [0.2, 0.25) is 5.91 Å². The molecule has 0 radical (unpaired) electrons. The second-order valence-electron chi connectivity index (χ2n) is 7.60. The molecule has 3 rings (SSSR count). The lowest BCUT2D eigenvalue weighted by Gasteiger charge is -2.24. The van der Waals surface area contributed by atoms with Gasteiger partial charge in [-0.3, -0.25) is 19.0 Å². The van der Waals surface area contributed by atoms with Gasteiger partial charge in [0.05, 0.1) is 11.0 Å². The number of rotatable bonds is 8. The van der Waals surface area contributed by atoms with Crippen LogP contribution in [0.4, 0.5) is 0 Å². The van der Waals surface area contributed by atoms with Gasteiger partial charge in [0.15, 0.2) is 0 Å². The van der Waals surface area contributed by atoms with Crippen molar-refractivity contribution in [2.45, 2.75) is 32.5 Å². The molecular formula is C23H28N4O3. The molecule has 1 unspecified atom stereocenters. The predicted molar refractivity (Wildman–Crippen MR) is 118 cm³/mol. The van der Waals surface area contributed by atoms with Crippen LogP contribution in [0.25, 0.3) is 11.0 Å². The first-order valence-electron chi connectivity index (χ1n) is 10.1. The lowest BCUT2D eigenvalue weighted by atomic mass is 10.1. The number of hydrogen-bond acceptors (Lipinski definition) is 4. The minimum Gasteiger partial charge on any atom is -0.351 e. The van der Waals surface area contributed by atoms with Gasteiger partial charge in [0, 0.05) is 26.2 Å². The Morgan fingerprint density at radius 2 is 1.63 bits per heavy atom. The summed E-state index contributed by atoms with van der Waals surface area (Å²) < 4.78 is 2.58. The van der Waals surface area contributed by atoms with Crippen molar-refractivity contribution in [2.24, 2.45) is 7.05 Å². The minimum absolute atomic E-state index is 0.0558. The molecule has 30 heavy (non-hydrogen) atoms. The molecule has 0 saturated carbocycles. The van der Waals surface area contributed by atoms with E-state index in [1.54, 1.807) is 31.3 Å². The molecule has 0 fully saturated rings. The first kappa shape index (κ1) is 21.5. The van der Waals surface area contributed by atoms with Crippen LogP contribution in [0.3, 0.4) is 0 Å². The molecule has 7 heteroatoms. The van der Waals surface area contributed by atoms with Crippen molar-refractivity contribution in [1.82, 2.24) is 19.4 Å². The first-order valence-corrected chi connectivity index (χ1v) is 10.1. The Hall–Kier alpha value is -3.19. The molecule has 1 N–H and O–H groups in total. The third-order valence-electron chi connectivity index (χ3n) is 5.25. The normalized spacial score (nSPS) is 12.3. The maximum absolute atomic E-state index is 12.7. The highest BCUT2D eigenvalue weighted by atomic mass is 16.2. The summed E-state index contributed by atoms with van der Waals surface area (Å²) in [5.41, 5.74) is 1.05. The fourth-order valence-electron chi connectivity index (χ4n) is 3.64. The molecule has 1 amide bonds. The third kappa shape index (κ3) is 4.86. The van der Waals surface area contributed by atoms with Crippen LogP contribution in [-0.4, -0.2) is 39.6 Å². The maximum atomic E-state index is 12.7. The summed E-state index contributed by atoms with van der Waals surface area (Å²) in [7, 11) is 3.58. The van der Waals surface area contributed by atoms with Crippen LogP contribution in [0.5, 0.6) is 0 Å². The van der Waals surface area contributed by atoms with Crippen molar-refractivity contribution >= 4 is 16.9 Å². The molecule has 1 heterocycles. The van der Waals surface area contributed by atoms with Crippen molar-refractivity contribution in [1.29, 1.82) is 0 Å². The van der Waals surface area contributed by atoms with E-state index in [2.05, 4.69) is 22.3 Å². The monoisotopic (exact) mass is 408 g/mol. The first-order chi connectivity index (χ1) is 14.4. The number of hydrogen-bond donors (Lipinski definition) is 1. The van der Waals surface area contributed by atoms with Crippen LogP contribution in [0.1, 0.15) is 18.9 Å². The summed E-state index contributed by atoms with van der Waals surface area (Å²) in [4.78, 5) is 39.7. The van der Waals surface area contributed by atoms with Crippen LogP contribution in [0, 0.1) is 0 Å². The number of aryl methyl sites for hydroxylation is 1. The van der Waals surface area contributed by atoms with Crippen molar-refractivity contribution < 1.29 is 4.79 Å². The average Bonchev–Trinajstić information content (AvgIpc) is 2.75. The van der Waals surface area contributed by atoms with E-state index in [0.717, 1.165) is 13.0 Å². The quantitative estimate of drug-likeness (QED) is 0.576. The zero-order valence-corrected chi connectivity index (χ0v) is 17.7. The molecule has 2 aromatic carbocycles. The van der Waals surface area contributed by atoms with Crippen LogP contribution < -0.4 is 16.4 Å². The number of benzene rings is 2. The Kier molecular flexibility index (Phi) is 6.84. The molecule has 0 spiro atoms. The average molecular weight is 409 g/mol. The number of carbonyl (C=O) groups excluding carboxylic acids is 1. The number of likely N-dealkylation sites (N-methyl/N-ethyl adjacent to an activating group) is 1. The SMILES string of the molecule is CCC(CN(C)Cc1ccccc1)NC(=O)Cn1c(=O)c(=O)n(C)c2ccccc21. The molecule has 7 nitrogen and oxygen atoms in total. The highest BCUT2D eigenvalue weighted by Crippen LogP contribution is 2.09. The van der Waals surface area contributed by atoms with E-state index in [0.29, 0.717) is 17.6 Å². The zero-order valence-electron chi connectivity index (χ0n) is 17.7. The smallest absolute Gasteiger partial charge is 0.317 e. The highest BCUT2D eigenvalue weighted by molar-refractivity contribution is 5.80. The fraction of sp³-hybridized carbons (Fsp3) is 0.348. The van der Waals surface area contributed by atoms with Gasteiger partial charge < -0.3 is 14.8 Å². The number of carbonyl (C=O) groups is 1. The zero-order chi connectivity index (χ0) is 21.7. The van der Waals surface area contributed by atoms with Gasteiger partial charge in [0.1, 0.15) is 6.54 Å². The van der Waals surface area contributed by atoms with E-state index < -0.39 is 11.1 Å². The van der Waals surface area contributed by atoms with Crippen LogP contribution in [0.15, 0.2) is 64.2 Å². The van der Waals surface area contributed by atoms with Gasteiger partial charge in [-0.05, 0) is 31.2 Å². The molecule has 0 aliphatic rings. The van der Waals surface area contributed by atoms with Gasteiger partial charge in [-0.1, -0.05) is 49.4 Å². The van der Waals surface area contributed by atoms with E-state index >= 15 is 0 Å². The molecule has 3 aromatic rings. The van der Waals surface area contributed by atoms with Gasteiger partial charge in [0.25, 0.3) is 0 Å². The fourth-order valence-corrected chi connectivity index (χ4v) is 3.64. The maximum Gasteiger partial charge on any atom is 0.317 e. The third-order valence-corrected chi connectivity index (χ3v) is 5.25. The molecule has 0 aliphatic carbocycles. The van der Waals surface area contributed by atoms with Crippen molar-refractivity contribution in [3.8, 4) is 0 Å². The molecule has 0 bridgehead atoms. The second-order valence-corrected chi connectivity index (χ2v) is 7.60. The summed E-state index contributed by atoms with van der Waals surface area (Å²) in [5, 5.41) is 3.01. The summed E-state index contributed by atoms with van der Waals surface area (Å²) in [6, 6.07) is 17.2. The molecular weight excluding hydrogens is 380 g/mol. The van der Waals surface area contributed by atoms with Gasteiger partial charge in [-0.2, -0.15) is 0 Å². The van der Waals surface area contributed by atoms with E-state index in [4.69, 9.17) is 0 Å². The number of para-hydroxylation sites is 2. The van der Waals surface area contributed by atoms with Gasteiger partial charge >= 0.3 is 11.1 Å². The van der Waals surface area contributed by atoms with Crippen molar-refractivity contribution in [3.05, 3.63) is 80.9 Å². The summed E-state index contributed by atoms with van der Waals surface area (Å²) in [5.74, 6) is -0.282. The van der Waals surface area contributed by atoms with Crippen LogP contribution >= 0.6 is 0 Å². The molecule has 1 atom stereocenters. The lowest BCUT2D eigenvalue weighted by molar-refractivity contribution is -0.122. The topological polar surface area (TPSA) is 76.3 Å². The number of aromatic nitrogens is 2. The van der Waals surface area contributed by atoms with E-state index in [9.17, 15) is 14.4 Å². The molecule has 158 valence electrons. The molecule has 1 aromatic heterocycles. The molecule has 0 saturated heterocycles. The second kappa shape index (κ2) is 9.54. The number of nitrogens with one attached hydrogen (secondary N) is 1. The number of fused-ring (bicyclic) bond motifs is 1. The Morgan fingerprint density at radius 3 is 2.30 bits per heavy atom. The van der Waals surface area contributed by atoms with Gasteiger partial charge in [-0.15, -0.1) is 0 Å². The Bertz CT molecular complexity index is 1130. The lowest BCUT2D eigenvalue weighted by Crippen LogP contribution is -2.46. The molecule has 0 aliphatic heterocycles. The number of nitrogens with zero attached hydrogens (tertiary/aromatic N) is 3. The van der Waals surface area contributed by atoms with E-state index in [1.807, 2.05) is 32.2 Å². The van der Waals surface area contributed by atoms with Crippen molar-refractivity contribution in [2.75, 3.05) is 13.6 Å². The number of amides is 1. The Balaban J connectivity index is 1.71. The summed E-state index contributed by atoms with van der Waals surface area (Å²) >= 11 is 0. The minimum atomic E-state index is -0.694. The Labute approximate surface area is 175 Å². The van der Waals surface area contributed by atoms with E-state index in [-0.39, 0.29) is 18.5 Å². The van der Waals surface area contributed by atoms with Crippen LogP contribution in [-0.2, 0) is 24.9 Å². The van der Waals surface area contributed by atoms with E-state index in [1.165, 1.54) is 14.7 Å². The highest BCUT2D eigenvalue weighted by Gasteiger charge is 2.17. The van der Waals surface area contributed by atoms with Crippen molar-refractivity contribution in [3.63, 3.8) is 0 Å². The standard InChI is InChI=1S/C23H28N4O3/c1-4-18(15-25(2)14-17-10-6-5-7-11-17)24-21(28)16-27-20-13-9-8-12-19(20)26(3)22(29)23(27)30/h5-13,18H,4,14-16H2,1-3H3,(H,24,28). The van der Waals surface area contributed by atoms with Crippen LogP contribution in [0.2, 0.25) is 0 Å². The summed E-state index contributed by atoms with van der Waals surface area (Å²) in [6.07, 6.45) is 0.761. The largest absolute Gasteiger partial charge is 0.351 e. The predicted octanol–water partition coefficient (Wildman–Crippen LogP) is 1.73. The van der Waals surface area contributed by atoms with Gasteiger partial charge in [-0.25, -0.2) is 0 Å². The Morgan fingerprint density at radius 1 is 1.00 bits per heavy atom.